The Kier molecular flexibility index (Phi) is 7.32. The molecule has 0 aliphatic rings. The third kappa shape index (κ3) is 4.49. The van der Waals surface area contributed by atoms with Gasteiger partial charge in [0.2, 0.25) is 0 Å². The van der Waals surface area contributed by atoms with E-state index in [1.807, 2.05) is 0 Å². The highest BCUT2D eigenvalue weighted by atomic mass is 31.0. The van der Waals surface area contributed by atoms with E-state index in [4.69, 9.17) is 0 Å². The lowest BCUT2D eigenvalue weighted by atomic mass is 9.56. The molecule has 2 atom stereocenters. The van der Waals surface area contributed by atoms with Gasteiger partial charge < -0.3 is 0 Å². The normalized spacial score (nSPS) is 14.6. The molecule has 0 amide bonds. The second kappa shape index (κ2) is 8.51. The zero-order chi connectivity index (χ0) is 25.0. The van der Waals surface area contributed by atoms with Gasteiger partial charge in [-0.05, 0) is 50.0 Å². The van der Waals surface area contributed by atoms with Crippen molar-refractivity contribution in [2.75, 3.05) is 0 Å². The van der Waals surface area contributed by atoms with E-state index >= 15 is 0 Å². The summed E-state index contributed by atoms with van der Waals surface area (Å²) in [7, 11) is 6.68. The number of benzene rings is 2. The zero-order valence-electron chi connectivity index (χ0n) is 22.8. The van der Waals surface area contributed by atoms with Gasteiger partial charge in [0.05, 0.1) is 0 Å². The second-order valence-corrected chi connectivity index (χ2v) is 15.5. The number of hydrogen-bond donors (Lipinski definition) is 0. The van der Waals surface area contributed by atoms with E-state index in [2.05, 4.69) is 150 Å². The van der Waals surface area contributed by atoms with Crippen LogP contribution in [0.4, 0.5) is 0 Å². The van der Waals surface area contributed by atoms with Crippen LogP contribution in [0.2, 0.25) is 0 Å². The first-order valence-corrected chi connectivity index (χ1v) is 13.1. The van der Waals surface area contributed by atoms with Crippen LogP contribution in [-0.2, 0) is 10.3 Å². The zero-order valence-corrected chi connectivity index (χ0v) is 25.1. The summed E-state index contributed by atoms with van der Waals surface area (Å²) in [5, 5.41) is -0.235. The molecular weight excluding hydrogens is 422 g/mol. The first-order valence-electron chi connectivity index (χ1n) is 12.0. The summed E-state index contributed by atoms with van der Waals surface area (Å²) in [6.45, 7) is 28.7. The van der Waals surface area contributed by atoms with Crippen molar-refractivity contribution >= 4 is 18.5 Å². The first-order chi connectivity index (χ1) is 14.2. The molecule has 0 N–H and O–H groups in total. The van der Waals surface area contributed by atoms with Crippen LogP contribution in [0.1, 0.15) is 94.2 Å². The minimum Gasteiger partial charge on any atom is -0.125 e. The summed E-state index contributed by atoms with van der Waals surface area (Å²) in [4.78, 5) is 0. The van der Waals surface area contributed by atoms with Crippen LogP contribution in [-0.4, -0.2) is 0 Å². The Morgan fingerprint density at radius 2 is 0.812 bits per heavy atom. The van der Waals surface area contributed by atoms with Crippen molar-refractivity contribution in [3.8, 4) is 11.1 Å². The minimum absolute atomic E-state index is 0.0430. The van der Waals surface area contributed by atoms with Crippen molar-refractivity contribution < 1.29 is 0 Å². The van der Waals surface area contributed by atoms with E-state index in [0.29, 0.717) is 0 Å². The second-order valence-electron chi connectivity index (χ2n) is 13.7. The molecule has 0 aliphatic heterocycles. The van der Waals surface area contributed by atoms with Gasteiger partial charge in [-0.3, -0.25) is 0 Å². The third-order valence-corrected chi connectivity index (χ3v) is 11.8. The molecule has 0 spiro atoms. The highest BCUT2D eigenvalue weighted by molar-refractivity contribution is 7.19. The molecule has 0 fully saturated rings. The first kappa shape index (κ1) is 27.5. The van der Waals surface area contributed by atoms with Crippen LogP contribution in [0.5, 0.6) is 0 Å². The molecule has 2 rings (SSSR count). The summed E-state index contributed by atoms with van der Waals surface area (Å²) in [5.74, 6) is 0. The summed E-state index contributed by atoms with van der Waals surface area (Å²) in [6, 6.07) is 18.1. The minimum atomic E-state index is -0.127. The molecule has 178 valence electrons. The van der Waals surface area contributed by atoms with E-state index in [-0.39, 0.29) is 32.0 Å². The smallest absolute Gasteiger partial charge is 0.0197 e. The quantitative estimate of drug-likeness (QED) is 0.392. The SMILES string of the molecule is CC(C)(C)C(P)(c1ccc(-c2ccccc2)cc1C(P)(C(C)(C)C)C(C)(C)C)C(C)(C)C. The van der Waals surface area contributed by atoms with Gasteiger partial charge in [0, 0.05) is 10.3 Å². The van der Waals surface area contributed by atoms with Crippen molar-refractivity contribution in [1.29, 1.82) is 0 Å². The molecule has 0 aliphatic carbocycles. The predicted octanol–water partition coefficient (Wildman–Crippen LogP) is 9.68. The Morgan fingerprint density at radius 3 is 1.19 bits per heavy atom. The van der Waals surface area contributed by atoms with E-state index < -0.39 is 0 Å². The Morgan fingerprint density at radius 1 is 0.438 bits per heavy atom. The van der Waals surface area contributed by atoms with Crippen LogP contribution in [0.3, 0.4) is 0 Å². The maximum absolute atomic E-state index is 3.35. The molecule has 0 heterocycles. The highest BCUT2D eigenvalue weighted by Crippen LogP contribution is 2.65. The third-order valence-electron chi connectivity index (χ3n) is 7.71. The monoisotopic (exact) mass is 470 g/mol. The van der Waals surface area contributed by atoms with Crippen LogP contribution in [0.15, 0.2) is 48.5 Å². The Labute approximate surface area is 204 Å². The van der Waals surface area contributed by atoms with E-state index in [1.165, 1.54) is 22.3 Å². The van der Waals surface area contributed by atoms with Crippen molar-refractivity contribution in [3.63, 3.8) is 0 Å². The maximum Gasteiger partial charge on any atom is 0.0197 e. The largest absolute Gasteiger partial charge is 0.125 e. The van der Waals surface area contributed by atoms with E-state index in [1.54, 1.807) is 0 Å². The van der Waals surface area contributed by atoms with Crippen molar-refractivity contribution in [3.05, 3.63) is 59.7 Å². The van der Waals surface area contributed by atoms with Crippen molar-refractivity contribution in [2.45, 2.75) is 93.4 Å². The van der Waals surface area contributed by atoms with Gasteiger partial charge >= 0.3 is 0 Å². The molecule has 2 unspecified atom stereocenters. The summed E-state index contributed by atoms with van der Waals surface area (Å²) < 4.78 is 0. The predicted molar refractivity (Wildman–Crippen MR) is 152 cm³/mol. The molecule has 2 aromatic rings. The molecule has 0 aromatic heterocycles. The average molecular weight is 471 g/mol. The molecule has 2 heteroatoms. The Bertz CT molecular complexity index is 898. The van der Waals surface area contributed by atoms with Gasteiger partial charge in [-0.2, -0.15) is 0 Å². The molecule has 2 aromatic carbocycles. The van der Waals surface area contributed by atoms with Crippen LogP contribution >= 0.6 is 18.5 Å². The molecule has 0 saturated carbocycles. The fraction of sp³-hybridized carbons (Fsp3) is 0.600. The van der Waals surface area contributed by atoms with Gasteiger partial charge in [-0.15, -0.1) is 18.5 Å². The van der Waals surface area contributed by atoms with Gasteiger partial charge in [-0.25, -0.2) is 0 Å². The van der Waals surface area contributed by atoms with Crippen LogP contribution in [0, 0.1) is 21.7 Å². The summed E-state index contributed by atoms with van der Waals surface area (Å²) >= 11 is 0. The molecule has 0 bridgehead atoms. The van der Waals surface area contributed by atoms with Crippen molar-refractivity contribution in [1.82, 2.24) is 0 Å². The maximum atomic E-state index is 3.35. The van der Waals surface area contributed by atoms with E-state index in [9.17, 15) is 0 Å². The standard InChI is InChI=1S/C30H48P2/c1-25(2,3)29(31,26(4,5)6)23-19-18-22(21-16-14-13-15-17-21)20-24(23)30(32,27(7,8)9)28(10,11)12/h13-20H,31-32H2,1-12H3. The fourth-order valence-corrected chi connectivity index (χ4v) is 6.38. The average Bonchev–Trinajstić information content (AvgIpc) is 2.63. The van der Waals surface area contributed by atoms with Crippen LogP contribution < -0.4 is 0 Å². The summed E-state index contributed by atoms with van der Waals surface area (Å²) in [6.07, 6.45) is 0. The molecular formula is C30H48P2. The summed E-state index contributed by atoms with van der Waals surface area (Å²) in [5.41, 5.74) is 5.66. The lowest BCUT2D eigenvalue weighted by molar-refractivity contribution is 0.118. The number of hydrogen-bond acceptors (Lipinski definition) is 0. The molecule has 32 heavy (non-hydrogen) atoms. The van der Waals surface area contributed by atoms with E-state index in [0.717, 1.165) is 0 Å². The molecule has 0 radical (unpaired) electrons. The Balaban J connectivity index is 3.09. The number of rotatable bonds is 3. The molecule has 0 nitrogen and oxygen atoms in total. The van der Waals surface area contributed by atoms with Crippen LogP contribution in [0.25, 0.3) is 11.1 Å². The topological polar surface area (TPSA) is 0 Å². The lowest BCUT2D eigenvalue weighted by Gasteiger charge is -2.57. The van der Waals surface area contributed by atoms with Crippen molar-refractivity contribution in [2.24, 2.45) is 21.7 Å². The fourth-order valence-electron chi connectivity index (χ4n) is 5.89. The van der Waals surface area contributed by atoms with Gasteiger partial charge in [0.15, 0.2) is 0 Å². The van der Waals surface area contributed by atoms with Gasteiger partial charge in [-0.1, -0.05) is 126 Å². The Hall–Kier alpha value is -0.700. The van der Waals surface area contributed by atoms with Gasteiger partial charge in [0.1, 0.15) is 0 Å². The lowest BCUT2D eigenvalue weighted by Crippen LogP contribution is -2.50. The highest BCUT2D eigenvalue weighted by Gasteiger charge is 2.55. The van der Waals surface area contributed by atoms with Gasteiger partial charge in [0.25, 0.3) is 0 Å². The molecule has 0 saturated heterocycles.